The summed E-state index contributed by atoms with van der Waals surface area (Å²) in [5.41, 5.74) is 5.78. The molecule has 1 fully saturated rings. The Morgan fingerprint density at radius 3 is 3.00 bits per heavy atom. The lowest BCUT2D eigenvalue weighted by Crippen LogP contribution is -2.33. The summed E-state index contributed by atoms with van der Waals surface area (Å²) >= 11 is 0. The van der Waals surface area contributed by atoms with E-state index >= 15 is 0 Å². The maximum Gasteiger partial charge on any atom is 0.122 e. The van der Waals surface area contributed by atoms with E-state index in [0.717, 1.165) is 37.5 Å². The van der Waals surface area contributed by atoms with Crippen molar-refractivity contribution in [2.45, 2.75) is 38.3 Å². The highest BCUT2D eigenvalue weighted by Gasteiger charge is 2.19. The Morgan fingerprint density at radius 2 is 2.41 bits per heavy atom. The summed E-state index contributed by atoms with van der Waals surface area (Å²) < 4.78 is 11.3. The maximum absolute atomic E-state index is 5.78. The zero-order valence-electron chi connectivity index (χ0n) is 10.4. The van der Waals surface area contributed by atoms with Gasteiger partial charge in [-0.05, 0) is 25.0 Å². The summed E-state index contributed by atoms with van der Waals surface area (Å²) in [5, 5.41) is 3.42. The van der Waals surface area contributed by atoms with Crippen LogP contribution in [0.2, 0.25) is 0 Å². The molecule has 2 atom stereocenters. The van der Waals surface area contributed by atoms with Crippen molar-refractivity contribution in [1.29, 1.82) is 0 Å². The summed E-state index contributed by atoms with van der Waals surface area (Å²) in [4.78, 5) is 0. The first-order valence-corrected chi connectivity index (χ1v) is 6.47. The molecular formula is C13H22N2O2. The molecule has 1 aromatic rings. The molecule has 2 heterocycles. The first kappa shape index (κ1) is 12.6. The fourth-order valence-electron chi connectivity index (χ4n) is 2.15. The molecule has 0 aliphatic carbocycles. The molecule has 1 aliphatic rings. The molecule has 0 amide bonds. The van der Waals surface area contributed by atoms with Gasteiger partial charge in [0.25, 0.3) is 0 Å². The number of aryl methyl sites for hydroxylation is 1. The lowest BCUT2D eigenvalue weighted by molar-refractivity contribution is 0.107. The van der Waals surface area contributed by atoms with Crippen LogP contribution >= 0.6 is 0 Å². The number of furan rings is 1. The predicted molar refractivity (Wildman–Crippen MR) is 66.9 cm³/mol. The highest BCUT2D eigenvalue weighted by atomic mass is 16.5. The Labute approximate surface area is 103 Å². The van der Waals surface area contributed by atoms with Crippen molar-refractivity contribution in [3.8, 4) is 0 Å². The largest absolute Gasteiger partial charge is 0.464 e. The van der Waals surface area contributed by atoms with E-state index in [-0.39, 0.29) is 6.04 Å². The fraction of sp³-hybridized carbons (Fsp3) is 0.692. The van der Waals surface area contributed by atoms with Crippen molar-refractivity contribution in [3.63, 3.8) is 0 Å². The molecule has 96 valence electrons. The van der Waals surface area contributed by atoms with Crippen molar-refractivity contribution in [2.75, 3.05) is 19.7 Å². The lowest BCUT2D eigenvalue weighted by atomic mass is 10.2. The standard InChI is InChI=1S/C13H22N2O2/c1-2-10-5-6-13(17-10)12(8-14)15-9-11-4-3-7-16-11/h5-6,11-12,15H,2-4,7-9,14H2,1H3. The summed E-state index contributed by atoms with van der Waals surface area (Å²) in [6.07, 6.45) is 3.57. The van der Waals surface area contributed by atoms with Crippen molar-refractivity contribution < 1.29 is 9.15 Å². The number of nitrogens with two attached hydrogens (primary N) is 1. The SMILES string of the molecule is CCc1ccc(C(CN)NCC2CCCO2)o1. The molecule has 0 bridgehead atoms. The molecule has 0 radical (unpaired) electrons. The molecule has 1 aromatic heterocycles. The zero-order chi connectivity index (χ0) is 12.1. The third-order valence-corrected chi connectivity index (χ3v) is 3.23. The second-order valence-corrected chi connectivity index (χ2v) is 4.49. The van der Waals surface area contributed by atoms with E-state index < -0.39 is 0 Å². The van der Waals surface area contributed by atoms with Crippen LogP contribution in [-0.2, 0) is 11.2 Å². The topological polar surface area (TPSA) is 60.4 Å². The van der Waals surface area contributed by atoms with Gasteiger partial charge < -0.3 is 20.2 Å². The second kappa shape index (κ2) is 6.19. The summed E-state index contributed by atoms with van der Waals surface area (Å²) in [6, 6.07) is 4.13. The van der Waals surface area contributed by atoms with Crippen LogP contribution in [0.15, 0.2) is 16.5 Å². The van der Waals surface area contributed by atoms with Gasteiger partial charge in [-0.1, -0.05) is 6.92 Å². The Morgan fingerprint density at radius 1 is 1.53 bits per heavy atom. The predicted octanol–water partition coefficient (Wildman–Crippen LogP) is 1.61. The van der Waals surface area contributed by atoms with Crippen LogP contribution in [0.1, 0.15) is 37.3 Å². The van der Waals surface area contributed by atoms with E-state index in [1.165, 1.54) is 6.42 Å². The Hall–Kier alpha value is -0.840. The molecule has 2 unspecified atom stereocenters. The van der Waals surface area contributed by atoms with Crippen molar-refractivity contribution in [3.05, 3.63) is 23.7 Å². The molecule has 1 aliphatic heterocycles. The first-order chi connectivity index (χ1) is 8.33. The molecule has 0 aromatic carbocycles. The first-order valence-electron chi connectivity index (χ1n) is 6.47. The molecule has 17 heavy (non-hydrogen) atoms. The molecule has 3 N–H and O–H groups in total. The normalized spacial score (nSPS) is 21.9. The molecular weight excluding hydrogens is 216 g/mol. The molecule has 2 rings (SSSR count). The van der Waals surface area contributed by atoms with Gasteiger partial charge in [0.15, 0.2) is 0 Å². The van der Waals surface area contributed by atoms with Crippen LogP contribution in [0.5, 0.6) is 0 Å². The van der Waals surface area contributed by atoms with E-state index in [2.05, 4.69) is 12.2 Å². The molecule has 1 saturated heterocycles. The van der Waals surface area contributed by atoms with Crippen LogP contribution in [0.4, 0.5) is 0 Å². The van der Waals surface area contributed by atoms with Gasteiger partial charge in [0.05, 0.1) is 12.1 Å². The van der Waals surface area contributed by atoms with Crippen LogP contribution < -0.4 is 11.1 Å². The van der Waals surface area contributed by atoms with E-state index in [1.807, 2.05) is 12.1 Å². The van der Waals surface area contributed by atoms with Gasteiger partial charge in [-0.2, -0.15) is 0 Å². The minimum Gasteiger partial charge on any atom is -0.464 e. The summed E-state index contributed by atoms with van der Waals surface area (Å²) in [5.74, 6) is 1.94. The van der Waals surface area contributed by atoms with Gasteiger partial charge in [-0.15, -0.1) is 0 Å². The van der Waals surface area contributed by atoms with Crippen molar-refractivity contribution in [2.24, 2.45) is 5.73 Å². The molecule has 4 heteroatoms. The maximum atomic E-state index is 5.78. The van der Waals surface area contributed by atoms with Crippen LogP contribution in [0.3, 0.4) is 0 Å². The number of rotatable bonds is 6. The minimum atomic E-state index is 0.0968. The van der Waals surface area contributed by atoms with Gasteiger partial charge in [-0.25, -0.2) is 0 Å². The third kappa shape index (κ3) is 3.31. The number of ether oxygens (including phenoxy) is 1. The smallest absolute Gasteiger partial charge is 0.122 e. The van der Waals surface area contributed by atoms with Crippen molar-refractivity contribution in [1.82, 2.24) is 5.32 Å². The van der Waals surface area contributed by atoms with Crippen LogP contribution in [-0.4, -0.2) is 25.8 Å². The van der Waals surface area contributed by atoms with Gasteiger partial charge >= 0.3 is 0 Å². The average Bonchev–Trinajstić information content (AvgIpc) is 3.00. The lowest BCUT2D eigenvalue weighted by Gasteiger charge is -2.17. The summed E-state index contributed by atoms with van der Waals surface area (Å²) in [7, 11) is 0. The molecule has 4 nitrogen and oxygen atoms in total. The van der Waals surface area contributed by atoms with Crippen LogP contribution in [0.25, 0.3) is 0 Å². The van der Waals surface area contributed by atoms with E-state index in [4.69, 9.17) is 14.9 Å². The van der Waals surface area contributed by atoms with Crippen LogP contribution in [0, 0.1) is 0 Å². The third-order valence-electron chi connectivity index (χ3n) is 3.23. The Bertz CT molecular complexity index is 332. The van der Waals surface area contributed by atoms with Gasteiger partial charge in [0.2, 0.25) is 0 Å². The van der Waals surface area contributed by atoms with Gasteiger partial charge in [0.1, 0.15) is 11.5 Å². The second-order valence-electron chi connectivity index (χ2n) is 4.49. The van der Waals surface area contributed by atoms with E-state index in [9.17, 15) is 0 Å². The van der Waals surface area contributed by atoms with Crippen molar-refractivity contribution >= 4 is 0 Å². The van der Waals surface area contributed by atoms with E-state index in [0.29, 0.717) is 12.6 Å². The number of hydrogen-bond donors (Lipinski definition) is 2. The minimum absolute atomic E-state index is 0.0968. The quantitative estimate of drug-likeness (QED) is 0.790. The number of nitrogens with one attached hydrogen (secondary N) is 1. The fourth-order valence-corrected chi connectivity index (χ4v) is 2.15. The molecule has 0 spiro atoms. The monoisotopic (exact) mass is 238 g/mol. The Balaban J connectivity index is 1.86. The number of hydrogen-bond acceptors (Lipinski definition) is 4. The van der Waals surface area contributed by atoms with Gasteiger partial charge in [0, 0.05) is 26.1 Å². The van der Waals surface area contributed by atoms with E-state index in [1.54, 1.807) is 0 Å². The highest BCUT2D eigenvalue weighted by Crippen LogP contribution is 2.17. The molecule has 0 saturated carbocycles. The average molecular weight is 238 g/mol. The van der Waals surface area contributed by atoms with Gasteiger partial charge in [-0.3, -0.25) is 0 Å². The zero-order valence-corrected chi connectivity index (χ0v) is 10.4. The highest BCUT2D eigenvalue weighted by molar-refractivity contribution is 5.11. The summed E-state index contributed by atoms with van der Waals surface area (Å²) in [6.45, 7) is 4.37. The Kier molecular flexibility index (Phi) is 4.59.